The van der Waals surface area contributed by atoms with Gasteiger partial charge in [-0.3, -0.25) is 4.79 Å². The van der Waals surface area contributed by atoms with Gasteiger partial charge >= 0.3 is 0 Å². The van der Waals surface area contributed by atoms with Crippen LogP contribution < -0.4 is 4.74 Å². The van der Waals surface area contributed by atoms with Crippen molar-refractivity contribution in [3.05, 3.63) is 53.9 Å². The van der Waals surface area contributed by atoms with Crippen LogP contribution in [0.4, 0.5) is 0 Å². The zero-order valence-electron chi connectivity index (χ0n) is 13.2. The molecular formula is C18H22N2O2. The topological polar surface area (TPSA) is 34.5 Å². The number of amides is 1. The van der Waals surface area contributed by atoms with Crippen molar-refractivity contribution >= 4 is 5.91 Å². The Labute approximate surface area is 131 Å². The molecule has 116 valence electrons. The van der Waals surface area contributed by atoms with Gasteiger partial charge in [-0.05, 0) is 44.0 Å². The monoisotopic (exact) mass is 298 g/mol. The molecule has 22 heavy (non-hydrogen) atoms. The quantitative estimate of drug-likeness (QED) is 0.822. The summed E-state index contributed by atoms with van der Waals surface area (Å²) in [6.45, 7) is 2.79. The van der Waals surface area contributed by atoms with Gasteiger partial charge in [0.1, 0.15) is 5.75 Å². The molecule has 0 atom stereocenters. The van der Waals surface area contributed by atoms with Gasteiger partial charge in [-0.2, -0.15) is 0 Å². The molecule has 1 aliphatic carbocycles. The number of nitrogens with zero attached hydrogens (tertiary/aromatic N) is 2. The molecular weight excluding hydrogens is 276 g/mol. The van der Waals surface area contributed by atoms with Crippen LogP contribution in [0.2, 0.25) is 0 Å². The van der Waals surface area contributed by atoms with Gasteiger partial charge < -0.3 is 14.2 Å². The third-order valence-corrected chi connectivity index (χ3v) is 4.07. The number of aryl methyl sites for hydroxylation is 2. The highest BCUT2D eigenvalue weighted by Crippen LogP contribution is 2.28. The number of hydrogen-bond acceptors (Lipinski definition) is 2. The van der Waals surface area contributed by atoms with Crippen LogP contribution in [0.25, 0.3) is 0 Å². The lowest BCUT2D eigenvalue weighted by atomic mass is 10.2. The molecule has 0 N–H and O–H groups in total. The molecule has 0 aliphatic heterocycles. The number of carbonyl (C=O) groups is 1. The van der Waals surface area contributed by atoms with E-state index in [0.29, 0.717) is 12.6 Å². The second-order valence-corrected chi connectivity index (χ2v) is 5.96. The van der Waals surface area contributed by atoms with Crippen molar-refractivity contribution < 1.29 is 9.53 Å². The Kier molecular flexibility index (Phi) is 4.18. The number of carbonyl (C=O) groups excluding carboxylic acids is 1. The molecule has 1 aliphatic rings. The summed E-state index contributed by atoms with van der Waals surface area (Å²) in [5.41, 5.74) is 2.33. The van der Waals surface area contributed by atoms with Crippen molar-refractivity contribution in [3.63, 3.8) is 0 Å². The summed E-state index contributed by atoms with van der Waals surface area (Å²) in [4.78, 5) is 14.4. The highest BCUT2D eigenvalue weighted by atomic mass is 16.5. The molecule has 0 bridgehead atoms. The lowest BCUT2D eigenvalue weighted by molar-refractivity contribution is -0.134. The molecule has 1 amide bonds. The predicted molar refractivity (Wildman–Crippen MR) is 85.7 cm³/mol. The number of benzene rings is 1. The van der Waals surface area contributed by atoms with E-state index in [9.17, 15) is 4.79 Å². The van der Waals surface area contributed by atoms with Crippen molar-refractivity contribution in [2.75, 3.05) is 6.61 Å². The summed E-state index contributed by atoms with van der Waals surface area (Å²) < 4.78 is 7.69. The van der Waals surface area contributed by atoms with Gasteiger partial charge in [-0.15, -0.1) is 0 Å². The maximum atomic E-state index is 12.5. The number of hydrogen-bond donors (Lipinski definition) is 0. The van der Waals surface area contributed by atoms with Crippen LogP contribution in [-0.4, -0.2) is 28.0 Å². The largest absolute Gasteiger partial charge is 0.484 e. The molecule has 2 aromatic rings. The van der Waals surface area contributed by atoms with E-state index in [2.05, 4.69) is 10.6 Å². The Morgan fingerprint density at radius 1 is 1.27 bits per heavy atom. The van der Waals surface area contributed by atoms with Crippen LogP contribution in [-0.2, 0) is 18.4 Å². The Hall–Kier alpha value is -2.23. The Balaban J connectivity index is 1.60. The third-order valence-electron chi connectivity index (χ3n) is 4.07. The normalized spacial score (nSPS) is 13.9. The first kappa shape index (κ1) is 14.7. The van der Waals surface area contributed by atoms with Crippen LogP contribution in [0, 0.1) is 6.92 Å². The Bertz CT molecular complexity index is 641. The maximum absolute atomic E-state index is 12.5. The van der Waals surface area contributed by atoms with Crippen molar-refractivity contribution in [1.29, 1.82) is 0 Å². The van der Waals surface area contributed by atoms with Crippen LogP contribution in [0.1, 0.15) is 24.1 Å². The number of ether oxygens (including phenoxy) is 1. The first-order valence-electron chi connectivity index (χ1n) is 7.72. The third kappa shape index (κ3) is 3.50. The maximum Gasteiger partial charge on any atom is 0.261 e. The fourth-order valence-electron chi connectivity index (χ4n) is 2.50. The van der Waals surface area contributed by atoms with E-state index < -0.39 is 0 Å². The summed E-state index contributed by atoms with van der Waals surface area (Å²) in [5, 5.41) is 0. The van der Waals surface area contributed by atoms with E-state index in [1.54, 1.807) is 0 Å². The van der Waals surface area contributed by atoms with E-state index in [0.717, 1.165) is 24.3 Å². The zero-order valence-corrected chi connectivity index (χ0v) is 13.2. The molecule has 1 heterocycles. The van der Waals surface area contributed by atoms with Gasteiger partial charge in [-0.25, -0.2) is 0 Å². The van der Waals surface area contributed by atoms with Crippen LogP contribution >= 0.6 is 0 Å². The van der Waals surface area contributed by atoms with Gasteiger partial charge in [0.05, 0.1) is 6.54 Å². The van der Waals surface area contributed by atoms with Crippen LogP contribution in [0.3, 0.4) is 0 Å². The minimum atomic E-state index is 0.0595. The average molecular weight is 298 g/mol. The fourth-order valence-corrected chi connectivity index (χ4v) is 2.50. The fraction of sp³-hybridized carbons (Fsp3) is 0.389. The van der Waals surface area contributed by atoms with Gasteiger partial charge in [-0.1, -0.05) is 17.7 Å². The molecule has 0 unspecified atom stereocenters. The molecule has 1 fully saturated rings. The molecule has 0 saturated heterocycles. The minimum absolute atomic E-state index is 0.0595. The van der Waals surface area contributed by atoms with E-state index in [1.165, 1.54) is 5.56 Å². The van der Waals surface area contributed by atoms with Crippen LogP contribution in [0.5, 0.6) is 5.75 Å². The van der Waals surface area contributed by atoms with Crippen molar-refractivity contribution in [3.8, 4) is 5.75 Å². The highest BCUT2D eigenvalue weighted by Gasteiger charge is 2.33. The SMILES string of the molecule is Cc1ccc(OCC(=O)N(Cc2cccn2C)C2CC2)cc1. The first-order chi connectivity index (χ1) is 10.6. The summed E-state index contributed by atoms with van der Waals surface area (Å²) >= 11 is 0. The molecule has 0 spiro atoms. The van der Waals surface area contributed by atoms with Gasteiger partial charge in [0.2, 0.25) is 0 Å². The van der Waals surface area contributed by atoms with Crippen LogP contribution in [0.15, 0.2) is 42.6 Å². The minimum Gasteiger partial charge on any atom is -0.484 e. The van der Waals surface area contributed by atoms with Crippen molar-refractivity contribution in [2.24, 2.45) is 7.05 Å². The lowest BCUT2D eigenvalue weighted by Crippen LogP contribution is -2.36. The summed E-state index contributed by atoms with van der Waals surface area (Å²) in [5.74, 6) is 0.804. The standard InChI is InChI=1S/C18H22N2O2/c1-14-5-9-17(10-6-14)22-13-18(21)20(15-7-8-15)12-16-4-3-11-19(16)2/h3-6,9-11,15H,7-8,12-13H2,1-2H3. The number of rotatable bonds is 6. The molecule has 4 nitrogen and oxygen atoms in total. The Morgan fingerprint density at radius 2 is 2.00 bits per heavy atom. The average Bonchev–Trinajstić information content (AvgIpc) is 3.27. The van der Waals surface area contributed by atoms with E-state index in [1.807, 2.05) is 55.4 Å². The smallest absolute Gasteiger partial charge is 0.261 e. The molecule has 1 saturated carbocycles. The summed E-state index contributed by atoms with van der Waals surface area (Å²) in [7, 11) is 2.01. The zero-order chi connectivity index (χ0) is 15.5. The van der Waals surface area contributed by atoms with E-state index in [4.69, 9.17) is 4.74 Å². The second-order valence-electron chi connectivity index (χ2n) is 5.96. The van der Waals surface area contributed by atoms with E-state index >= 15 is 0 Å². The molecule has 0 radical (unpaired) electrons. The first-order valence-corrected chi connectivity index (χ1v) is 7.72. The molecule has 3 rings (SSSR count). The lowest BCUT2D eigenvalue weighted by Gasteiger charge is -2.23. The van der Waals surface area contributed by atoms with Gasteiger partial charge in [0.15, 0.2) is 6.61 Å². The highest BCUT2D eigenvalue weighted by molar-refractivity contribution is 5.78. The van der Waals surface area contributed by atoms with Gasteiger partial charge in [0, 0.05) is 25.0 Å². The second kappa shape index (κ2) is 6.26. The van der Waals surface area contributed by atoms with E-state index in [-0.39, 0.29) is 12.5 Å². The molecule has 1 aromatic carbocycles. The van der Waals surface area contributed by atoms with Gasteiger partial charge in [0.25, 0.3) is 5.91 Å². The molecule has 4 heteroatoms. The molecule has 1 aromatic heterocycles. The summed E-state index contributed by atoms with van der Waals surface area (Å²) in [6.07, 6.45) is 4.20. The van der Waals surface area contributed by atoms with Crippen molar-refractivity contribution in [1.82, 2.24) is 9.47 Å². The summed E-state index contributed by atoms with van der Waals surface area (Å²) in [6, 6.07) is 12.2. The predicted octanol–water partition coefficient (Wildman–Crippen LogP) is 2.90. The number of aromatic nitrogens is 1. The Morgan fingerprint density at radius 3 is 2.59 bits per heavy atom. The van der Waals surface area contributed by atoms with Crippen molar-refractivity contribution in [2.45, 2.75) is 32.4 Å².